The van der Waals surface area contributed by atoms with E-state index in [9.17, 15) is 13.6 Å². The maximum Gasteiger partial charge on any atom is 0.265 e. The van der Waals surface area contributed by atoms with E-state index in [2.05, 4.69) is 9.62 Å². The van der Waals surface area contributed by atoms with Gasteiger partial charge in [0.1, 0.15) is 17.3 Å². The van der Waals surface area contributed by atoms with Crippen molar-refractivity contribution in [2.45, 2.75) is 63.3 Å². The van der Waals surface area contributed by atoms with E-state index in [0.29, 0.717) is 23.7 Å². The second kappa shape index (κ2) is 11.8. The highest BCUT2D eigenvalue weighted by Crippen LogP contribution is 2.43. The largest absolute Gasteiger partial charge is 0.373 e. The van der Waals surface area contributed by atoms with Gasteiger partial charge in [-0.3, -0.25) is 14.4 Å². The van der Waals surface area contributed by atoms with E-state index in [1.165, 1.54) is 30.3 Å². The van der Waals surface area contributed by atoms with Crippen LogP contribution in [0, 0.1) is 11.6 Å². The van der Waals surface area contributed by atoms with Gasteiger partial charge in [0.2, 0.25) is 0 Å². The zero-order chi connectivity index (χ0) is 26.9. The number of carbonyl (C=O) groups excluding carboxylic acids is 1. The summed E-state index contributed by atoms with van der Waals surface area (Å²) in [5.74, 6) is -1.14. The summed E-state index contributed by atoms with van der Waals surface area (Å²) < 4.78 is 54.8. The van der Waals surface area contributed by atoms with E-state index < -0.39 is 17.4 Å². The first kappa shape index (κ1) is 27.8. The van der Waals surface area contributed by atoms with Gasteiger partial charge < -0.3 is 4.74 Å². The SMILES string of the molecule is CC(c1cc(F)cc(Cl)c1)N1CCC(F)(COCc2cc(F)c(C(=O)NSN3CCC3)cc2C2CC2)CC1. The third kappa shape index (κ3) is 6.67. The molecule has 0 aromatic heterocycles. The first-order valence-electron chi connectivity index (χ1n) is 13.2. The van der Waals surface area contributed by atoms with Gasteiger partial charge in [0.05, 0.1) is 18.8 Å². The summed E-state index contributed by atoms with van der Waals surface area (Å²) in [5.41, 5.74) is 0.905. The molecule has 2 saturated heterocycles. The highest BCUT2D eigenvalue weighted by molar-refractivity contribution is 7.95. The monoisotopic (exact) mass is 567 g/mol. The Morgan fingerprint density at radius 2 is 1.89 bits per heavy atom. The van der Waals surface area contributed by atoms with E-state index in [1.54, 1.807) is 12.1 Å². The minimum Gasteiger partial charge on any atom is -0.373 e. The zero-order valence-electron chi connectivity index (χ0n) is 21.5. The zero-order valence-corrected chi connectivity index (χ0v) is 23.0. The summed E-state index contributed by atoms with van der Waals surface area (Å²) >= 11 is 7.22. The van der Waals surface area contributed by atoms with E-state index in [0.717, 1.165) is 43.5 Å². The molecule has 0 radical (unpaired) electrons. The van der Waals surface area contributed by atoms with Gasteiger partial charge in [0.15, 0.2) is 0 Å². The van der Waals surface area contributed by atoms with Crippen LogP contribution in [0.1, 0.15) is 78.0 Å². The second-order valence-electron chi connectivity index (χ2n) is 10.7. The van der Waals surface area contributed by atoms with Crippen LogP contribution in [-0.4, -0.2) is 53.6 Å². The predicted molar refractivity (Wildman–Crippen MR) is 144 cm³/mol. The molecular weight excluding hydrogens is 535 g/mol. The third-order valence-corrected chi connectivity index (χ3v) is 8.92. The lowest BCUT2D eigenvalue weighted by Gasteiger charge is -2.39. The van der Waals surface area contributed by atoms with E-state index in [4.69, 9.17) is 16.3 Å². The fourth-order valence-electron chi connectivity index (χ4n) is 5.07. The van der Waals surface area contributed by atoms with Crippen molar-refractivity contribution in [1.82, 2.24) is 13.9 Å². The molecule has 206 valence electrons. The lowest BCUT2D eigenvalue weighted by atomic mass is 9.92. The summed E-state index contributed by atoms with van der Waals surface area (Å²) in [7, 11) is 0. The van der Waals surface area contributed by atoms with Crippen molar-refractivity contribution >= 4 is 29.6 Å². The molecule has 2 heterocycles. The number of nitrogens with zero attached hydrogens (tertiary/aromatic N) is 2. The van der Waals surface area contributed by atoms with Crippen LogP contribution in [0.4, 0.5) is 13.2 Å². The van der Waals surface area contributed by atoms with Crippen molar-refractivity contribution in [3.8, 4) is 0 Å². The molecule has 0 spiro atoms. The lowest BCUT2D eigenvalue weighted by molar-refractivity contribution is -0.0367. The number of likely N-dealkylation sites (tertiary alicyclic amines) is 1. The van der Waals surface area contributed by atoms with Crippen molar-refractivity contribution in [1.29, 1.82) is 0 Å². The number of hydrogen-bond donors (Lipinski definition) is 1. The maximum absolute atomic E-state index is 15.6. The molecule has 3 aliphatic rings. The Kier molecular flexibility index (Phi) is 8.60. The Balaban J connectivity index is 1.15. The summed E-state index contributed by atoms with van der Waals surface area (Å²) in [6, 6.07) is 7.41. The number of halogens is 4. The van der Waals surface area contributed by atoms with E-state index in [-0.39, 0.29) is 49.4 Å². The fraction of sp³-hybridized carbons (Fsp3) is 0.536. The minimum atomic E-state index is -1.48. The molecule has 38 heavy (non-hydrogen) atoms. The molecule has 5 rings (SSSR count). The number of benzene rings is 2. The normalized spacial score (nSPS) is 20.7. The van der Waals surface area contributed by atoms with Crippen LogP contribution in [0.2, 0.25) is 5.02 Å². The average molecular weight is 568 g/mol. The Bertz CT molecular complexity index is 1150. The number of carbonyl (C=O) groups is 1. The van der Waals surface area contributed by atoms with E-state index >= 15 is 4.39 Å². The van der Waals surface area contributed by atoms with Crippen LogP contribution >= 0.6 is 23.7 Å². The molecule has 1 atom stereocenters. The standard InChI is InChI=1S/C28H33ClF3N3O2S/c1-18(20-11-22(29)14-23(30)12-20)34-9-5-28(32,6-10-34)17-37-16-21-13-26(31)25(15-24(21)19-3-4-19)27(36)33-38-35-7-2-8-35/h11-15,18-19H,2-10,16-17H2,1H3,(H,33,36). The van der Waals surface area contributed by atoms with Crippen LogP contribution in [-0.2, 0) is 11.3 Å². The molecular formula is C28H33ClF3N3O2S. The van der Waals surface area contributed by atoms with Gasteiger partial charge in [-0.25, -0.2) is 17.5 Å². The van der Waals surface area contributed by atoms with Gasteiger partial charge in [-0.1, -0.05) is 11.6 Å². The van der Waals surface area contributed by atoms with Gasteiger partial charge in [-0.05, 0) is 92.0 Å². The Labute approximate surface area is 231 Å². The highest BCUT2D eigenvalue weighted by atomic mass is 35.5. The summed E-state index contributed by atoms with van der Waals surface area (Å²) in [6.45, 7) is 4.82. The Morgan fingerprint density at radius 3 is 2.53 bits per heavy atom. The lowest BCUT2D eigenvalue weighted by Crippen LogP contribution is -2.45. The molecule has 2 aliphatic heterocycles. The number of amides is 1. The van der Waals surface area contributed by atoms with Crippen molar-refractivity contribution < 1.29 is 22.7 Å². The van der Waals surface area contributed by atoms with Crippen LogP contribution < -0.4 is 4.72 Å². The topological polar surface area (TPSA) is 44.8 Å². The number of rotatable bonds is 10. The molecule has 0 bridgehead atoms. The molecule has 1 unspecified atom stereocenters. The smallest absolute Gasteiger partial charge is 0.265 e. The molecule has 3 fully saturated rings. The fourth-order valence-corrected chi connectivity index (χ4v) is 6.06. The van der Waals surface area contributed by atoms with Crippen molar-refractivity contribution in [2.24, 2.45) is 0 Å². The molecule has 5 nitrogen and oxygen atoms in total. The number of ether oxygens (including phenoxy) is 1. The summed E-state index contributed by atoms with van der Waals surface area (Å²) in [5, 5.41) is 0.346. The predicted octanol–water partition coefficient (Wildman–Crippen LogP) is 6.58. The summed E-state index contributed by atoms with van der Waals surface area (Å²) in [6.07, 6.45) is 3.65. The first-order chi connectivity index (χ1) is 18.2. The number of nitrogens with one attached hydrogen (secondary N) is 1. The third-order valence-electron chi connectivity index (χ3n) is 7.80. The second-order valence-corrected chi connectivity index (χ2v) is 12.0. The van der Waals surface area contributed by atoms with Crippen LogP contribution in [0.15, 0.2) is 30.3 Å². The molecule has 1 amide bonds. The maximum atomic E-state index is 15.6. The van der Waals surface area contributed by atoms with Gasteiger partial charge >= 0.3 is 0 Å². The molecule has 1 saturated carbocycles. The molecule has 2 aromatic carbocycles. The van der Waals surface area contributed by atoms with Gasteiger partial charge in [-0.2, -0.15) is 0 Å². The average Bonchev–Trinajstić information content (AvgIpc) is 3.68. The molecule has 2 aromatic rings. The van der Waals surface area contributed by atoms with Crippen molar-refractivity contribution in [3.63, 3.8) is 0 Å². The van der Waals surface area contributed by atoms with Crippen LogP contribution in [0.3, 0.4) is 0 Å². The van der Waals surface area contributed by atoms with Crippen molar-refractivity contribution in [2.75, 3.05) is 32.8 Å². The quantitative estimate of drug-likeness (QED) is 0.329. The molecule has 1 N–H and O–H groups in total. The van der Waals surface area contributed by atoms with Gasteiger partial charge in [0.25, 0.3) is 5.91 Å². The number of hydrogen-bond acceptors (Lipinski definition) is 5. The van der Waals surface area contributed by atoms with Crippen LogP contribution in [0.5, 0.6) is 0 Å². The number of alkyl halides is 1. The first-order valence-corrected chi connectivity index (χ1v) is 14.4. The Hall–Kier alpha value is -1.78. The molecule has 10 heteroatoms. The summed E-state index contributed by atoms with van der Waals surface area (Å²) in [4.78, 5) is 14.7. The Morgan fingerprint density at radius 1 is 1.16 bits per heavy atom. The van der Waals surface area contributed by atoms with Crippen LogP contribution in [0.25, 0.3) is 0 Å². The highest BCUT2D eigenvalue weighted by Gasteiger charge is 2.37. The van der Waals surface area contributed by atoms with Crippen molar-refractivity contribution in [3.05, 3.63) is 69.2 Å². The molecule has 1 aliphatic carbocycles. The van der Waals surface area contributed by atoms with Gasteiger partial charge in [-0.15, -0.1) is 0 Å². The van der Waals surface area contributed by atoms with Gasteiger partial charge in [0, 0.05) is 49.4 Å². The van der Waals surface area contributed by atoms with E-state index in [1.807, 2.05) is 11.2 Å². The minimum absolute atomic E-state index is 0.0340. The number of piperidine rings is 1.